The standard InChI is InChI=1S/C31H39N3.3ClH.Fe/c1-7-22-16-24(9-3)30(25(10-4)17-22)32-20-28-14-13-15-29(34-28)21-33-31-26(11-5)18-23(8-2)19-27(31)12-6;;;;/h13-21H,7-12H2,1-6H3;3*1H;/q;;;;+3/p-3. The van der Waals surface area contributed by atoms with E-state index in [1.165, 1.54) is 33.4 Å². The number of hydrogen-bond donors (Lipinski definition) is 0. The van der Waals surface area contributed by atoms with Gasteiger partial charge in [-0.05, 0) is 84.0 Å². The molecular weight excluding hydrogens is 577 g/mol. The fourth-order valence-electron chi connectivity index (χ4n) is 4.36. The van der Waals surface area contributed by atoms with Crippen LogP contribution in [0.25, 0.3) is 0 Å². The molecule has 0 spiro atoms. The third-order valence-corrected chi connectivity index (χ3v) is 6.44. The predicted octanol–water partition coefficient (Wildman–Crippen LogP) is -1.03. The van der Waals surface area contributed by atoms with Crippen LogP contribution in [0.5, 0.6) is 0 Å². The van der Waals surface area contributed by atoms with Gasteiger partial charge in [0.05, 0.1) is 35.2 Å². The van der Waals surface area contributed by atoms with E-state index in [1.54, 1.807) is 0 Å². The molecule has 0 aliphatic carbocycles. The van der Waals surface area contributed by atoms with Crippen molar-refractivity contribution in [1.29, 1.82) is 0 Å². The van der Waals surface area contributed by atoms with Crippen molar-refractivity contribution in [2.75, 3.05) is 0 Å². The number of nitrogens with zero attached hydrogens (tertiary/aromatic N) is 3. The number of aryl methyl sites for hydroxylation is 6. The van der Waals surface area contributed by atoms with Crippen LogP contribution in [0, 0.1) is 0 Å². The van der Waals surface area contributed by atoms with E-state index in [9.17, 15) is 0 Å². The summed E-state index contributed by atoms with van der Waals surface area (Å²) in [4.78, 5) is 14.6. The third-order valence-electron chi connectivity index (χ3n) is 6.44. The maximum atomic E-state index is 4.89. The van der Waals surface area contributed by atoms with Gasteiger partial charge >= 0.3 is 17.1 Å². The Bertz CT molecular complexity index is 1050. The fraction of sp³-hybridized carbons (Fsp3) is 0.387. The average Bonchev–Trinajstić information content (AvgIpc) is 2.89. The molecule has 0 unspecified atom stereocenters. The van der Waals surface area contributed by atoms with Gasteiger partial charge in [-0.3, -0.25) is 9.98 Å². The van der Waals surface area contributed by atoms with Crippen molar-refractivity contribution in [3.63, 3.8) is 0 Å². The molecule has 38 heavy (non-hydrogen) atoms. The van der Waals surface area contributed by atoms with Crippen LogP contribution in [0.1, 0.15) is 86.3 Å². The molecule has 1 heterocycles. The van der Waals surface area contributed by atoms with Gasteiger partial charge in [-0.15, -0.1) is 0 Å². The molecule has 1 radical (unpaired) electrons. The number of halogens is 3. The van der Waals surface area contributed by atoms with Crippen LogP contribution in [0.3, 0.4) is 0 Å². The van der Waals surface area contributed by atoms with E-state index in [2.05, 4.69) is 65.8 Å². The largest absolute Gasteiger partial charge is 3.00 e. The second-order valence-corrected chi connectivity index (χ2v) is 8.65. The molecule has 3 nitrogen and oxygen atoms in total. The zero-order valence-corrected chi connectivity index (χ0v) is 26.6. The van der Waals surface area contributed by atoms with E-state index < -0.39 is 0 Å². The topological polar surface area (TPSA) is 37.6 Å². The average molecular weight is 616 g/mol. The Balaban J connectivity index is 0. The van der Waals surface area contributed by atoms with Gasteiger partial charge in [-0.2, -0.15) is 0 Å². The Morgan fingerprint density at radius 2 is 0.868 bits per heavy atom. The molecule has 0 bridgehead atoms. The summed E-state index contributed by atoms with van der Waals surface area (Å²) < 4.78 is 0. The molecule has 0 atom stereocenters. The third kappa shape index (κ3) is 9.81. The predicted molar refractivity (Wildman–Crippen MR) is 148 cm³/mol. The maximum absolute atomic E-state index is 4.89. The zero-order valence-electron chi connectivity index (χ0n) is 23.3. The van der Waals surface area contributed by atoms with E-state index >= 15 is 0 Å². The van der Waals surface area contributed by atoms with Crippen molar-refractivity contribution in [2.24, 2.45) is 9.98 Å². The molecule has 7 heteroatoms. The van der Waals surface area contributed by atoms with Crippen LogP contribution >= 0.6 is 0 Å². The molecule has 0 amide bonds. The minimum absolute atomic E-state index is 0. The summed E-state index contributed by atoms with van der Waals surface area (Å²) >= 11 is 0. The smallest absolute Gasteiger partial charge is 1.00 e. The van der Waals surface area contributed by atoms with Crippen LogP contribution in [-0.4, -0.2) is 17.4 Å². The monoisotopic (exact) mass is 614 g/mol. The SMILES string of the molecule is CCc1cc(CC)c(N=Cc2cccc(C=Nc3c(CC)cc(CC)cc3CC)n2)c(CC)c1.[Cl-].[Cl-].[Cl-].[Fe+3]. The zero-order chi connectivity index (χ0) is 24.5. The van der Waals surface area contributed by atoms with Gasteiger partial charge in [0, 0.05) is 0 Å². The molecule has 0 aliphatic heterocycles. The van der Waals surface area contributed by atoms with Crippen LogP contribution in [-0.2, 0) is 55.6 Å². The molecule has 2 aromatic carbocycles. The van der Waals surface area contributed by atoms with Gasteiger partial charge in [0.2, 0.25) is 0 Å². The van der Waals surface area contributed by atoms with Crippen molar-refractivity contribution in [3.8, 4) is 0 Å². The number of rotatable bonds is 10. The molecule has 3 aromatic rings. The first-order valence-electron chi connectivity index (χ1n) is 12.9. The summed E-state index contributed by atoms with van der Waals surface area (Å²) in [5.74, 6) is 0. The second kappa shape index (κ2) is 19.4. The molecule has 207 valence electrons. The molecule has 1 aromatic heterocycles. The van der Waals surface area contributed by atoms with Gasteiger partial charge in [0.25, 0.3) is 0 Å². The fourth-order valence-corrected chi connectivity index (χ4v) is 4.36. The minimum atomic E-state index is 0. The van der Waals surface area contributed by atoms with E-state index in [4.69, 9.17) is 15.0 Å². The second-order valence-electron chi connectivity index (χ2n) is 8.65. The van der Waals surface area contributed by atoms with Crippen molar-refractivity contribution in [1.82, 2.24) is 4.98 Å². The van der Waals surface area contributed by atoms with Gasteiger partial charge in [-0.25, -0.2) is 4.98 Å². The Hall–Kier alpha value is -1.68. The Labute approximate surface area is 259 Å². The first kappa shape index (κ1) is 38.5. The molecular formula is C31H39Cl3FeN3. The number of hydrogen-bond acceptors (Lipinski definition) is 3. The van der Waals surface area contributed by atoms with Crippen LogP contribution in [0.4, 0.5) is 11.4 Å². The number of aromatic nitrogens is 1. The summed E-state index contributed by atoms with van der Waals surface area (Å²) in [6.07, 6.45) is 9.78. The summed E-state index contributed by atoms with van der Waals surface area (Å²) in [6.45, 7) is 13.2. The first-order valence-corrected chi connectivity index (χ1v) is 12.9. The number of aliphatic imine (C=N–C) groups is 2. The van der Waals surface area contributed by atoms with E-state index in [0.29, 0.717) is 0 Å². The number of benzene rings is 2. The van der Waals surface area contributed by atoms with Gasteiger partial charge in [0.1, 0.15) is 0 Å². The molecule has 0 N–H and O–H groups in total. The quantitative estimate of drug-likeness (QED) is 0.212. The normalized spacial score (nSPS) is 10.5. The molecule has 0 fully saturated rings. The van der Waals surface area contributed by atoms with Crippen molar-refractivity contribution < 1.29 is 54.3 Å². The van der Waals surface area contributed by atoms with Gasteiger partial charge in [-0.1, -0.05) is 71.9 Å². The Kier molecular flexibility index (Phi) is 19.6. The van der Waals surface area contributed by atoms with Gasteiger partial charge < -0.3 is 37.2 Å². The molecule has 3 rings (SSSR count). The van der Waals surface area contributed by atoms with E-state index in [0.717, 1.165) is 61.3 Å². The minimum Gasteiger partial charge on any atom is -1.00 e. The maximum Gasteiger partial charge on any atom is 3.00 e. The summed E-state index contributed by atoms with van der Waals surface area (Å²) in [5, 5.41) is 0. The number of pyridine rings is 1. The Morgan fingerprint density at radius 3 is 1.13 bits per heavy atom. The molecule has 0 aliphatic rings. The summed E-state index contributed by atoms with van der Waals surface area (Å²) in [6, 6.07) is 15.2. The van der Waals surface area contributed by atoms with Crippen LogP contribution in [0.15, 0.2) is 52.4 Å². The van der Waals surface area contributed by atoms with Crippen molar-refractivity contribution >= 4 is 23.8 Å². The van der Waals surface area contributed by atoms with Crippen LogP contribution in [0.2, 0.25) is 0 Å². The van der Waals surface area contributed by atoms with Crippen LogP contribution < -0.4 is 37.2 Å². The van der Waals surface area contributed by atoms with Crippen molar-refractivity contribution in [2.45, 2.75) is 80.1 Å². The van der Waals surface area contributed by atoms with Crippen molar-refractivity contribution in [3.05, 3.63) is 87.2 Å². The summed E-state index contributed by atoms with van der Waals surface area (Å²) in [5.41, 5.74) is 11.9. The summed E-state index contributed by atoms with van der Waals surface area (Å²) in [7, 11) is 0. The van der Waals surface area contributed by atoms with Gasteiger partial charge in [0.15, 0.2) is 0 Å². The molecule has 0 saturated heterocycles. The first-order chi connectivity index (χ1) is 16.6. The van der Waals surface area contributed by atoms with E-state index in [1.807, 2.05) is 30.6 Å². The van der Waals surface area contributed by atoms with E-state index in [-0.39, 0.29) is 54.3 Å². The Morgan fingerprint density at radius 1 is 0.553 bits per heavy atom. The molecule has 0 saturated carbocycles.